The molecule has 0 amide bonds. The number of aliphatic hydroxyl groups excluding tert-OH is 1. The van der Waals surface area contributed by atoms with Gasteiger partial charge in [-0.05, 0) is 39.5 Å². The maximum Gasteiger partial charge on any atom is 0.162 e. The Morgan fingerprint density at radius 2 is 1.56 bits per heavy atom. The molecule has 0 atom stereocenters. The highest BCUT2D eigenvalue weighted by Gasteiger charge is 2.30. The number of rotatable bonds is 2. The number of hydrogen-bond donors (Lipinski definition) is 2. The average Bonchev–Trinajstić information content (AvgIpc) is 2.24. The second-order valence-corrected chi connectivity index (χ2v) is 5.39. The molecule has 1 heterocycles. The van der Waals surface area contributed by atoms with Crippen LogP contribution in [0.5, 0.6) is 0 Å². The number of ether oxygens (including phenoxy) is 2. The second kappa shape index (κ2) is 5.00. The van der Waals surface area contributed by atoms with Crippen LogP contribution in [-0.2, 0) is 9.47 Å². The molecule has 0 bridgehead atoms. The highest BCUT2D eigenvalue weighted by molar-refractivity contribution is 4.82. The maximum atomic E-state index is 9.42. The Bertz CT molecular complexity index is 214. The molecule has 1 saturated carbocycles. The van der Waals surface area contributed by atoms with E-state index in [1.807, 2.05) is 13.8 Å². The van der Waals surface area contributed by atoms with Gasteiger partial charge in [0.25, 0.3) is 0 Å². The zero-order chi connectivity index (χ0) is 11.6. The van der Waals surface area contributed by atoms with Gasteiger partial charge in [0, 0.05) is 6.04 Å². The molecular formula is C12H23NO3. The molecular weight excluding hydrogens is 206 g/mol. The predicted octanol–water partition coefficient (Wildman–Crippen LogP) is 1.03. The van der Waals surface area contributed by atoms with Crippen LogP contribution in [0.1, 0.15) is 39.5 Å². The van der Waals surface area contributed by atoms with Gasteiger partial charge in [0.1, 0.15) is 0 Å². The summed E-state index contributed by atoms with van der Waals surface area (Å²) >= 11 is 0. The lowest BCUT2D eigenvalue weighted by molar-refractivity contribution is -0.253. The summed E-state index contributed by atoms with van der Waals surface area (Å²) in [5.41, 5.74) is 0. The van der Waals surface area contributed by atoms with Crippen molar-refractivity contribution in [2.45, 2.75) is 63.5 Å². The van der Waals surface area contributed by atoms with E-state index in [9.17, 15) is 5.11 Å². The molecule has 2 fully saturated rings. The van der Waals surface area contributed by atoms with Crippen LogP contribution in [0.15, 0.2) is 0 Å². The van der Waals surface area contributed by atoms with Gasteiger partial charge >= 0.3 is 0 Å². The summed E-state index contributed by atoms with van der Waals surface area (Å²) in [6.45, 7) is 5.32. The molecule has 0 aromatic carbocycles. The van der Waals surface area contributed by atoms with Gasteiger partial charge in [-0.25, -0.2) is 0 Å². The quantitative estimate of drug-likeness (QED) is 0.742. The summed E-state index contributed by atoms with van der Waals surface area (Å²) in [6.07, 6.45) is 3.85. The van der Waals surface area contributed by atoms with Gasteiger partial charge in [0.15, 0.2) is 5.79 Å². The molecule has 0 radical (unpaired) electrons. The second-order valence-electron chi connectivity index (χ2n) is 5.39. The van der Waals surface area contributed by atoms with Crippen LogP contribution >= 0.6 is 0 Å². The molecule has 16 heavy (non-hydrogen) atoms. The number of nitrogens with one attached hydrogen (secondary N) is 1. The minimum Gasteiger partial charge on any atom is -0.393 e. The van der Waals surface area contributed by atoms with Crippen LogP contribution in [0.2, 0.25) is 0 Å². The van der Waals surface area contributed by atoms with Crippen LogP contribution < -0.4 is 5.32 Å². The minimum atomic E-state index is -0.430. The third-order valence-electron chi connectivity index (χ3n) is 3.43. The van der Waals surface area contributed by atoms with Gasteiger partial charge < -0.3 is 19.9 Å². The molecule has 4 heteroatoms. The standard InChI is InChI=1S/C12H23NO3/c1-12(2)15-7-10(8-16-12)13-9-3-5-11(14)6-4-9/h9-11,13-14H,3-8H2,1-2H3. The van der Waals surface area contributed by atoms with Crippen molar-refractivity contribution in [3.8, 4) is 0 Å². The third-order valence-corrected chi connectivity index (χ3v) is 3.43. The number of hydrogen-bond acceptors (Lipinski definition) is 4. The maximum absolute atomic E-state index is 9.42. The Balaban J connectivity index is 1.71. The molecule has 0 unspecified atom stereocenters. The van der Waals surface area contributed by atoms with Crippen LogP contribution in [0, 0.1) is 0 Å². The van der Waals surface area contributed by atoms with E-state index in [0.717, 1.165) is 25.7 Å². The van der Waals surface area contributed by atoms with Crippen LogP contribution in [-0.4, -0.2) is 42.3 Å². The van der Waals surface area contributed by atoms with E-state index in [-0.39, 0.29) is 6.10 Å². The Morgan fingerprint density at radius 3 is 2.12 bits per heavy atom. The van der Waals surface area contributed by atoms with Crippen molar-refractivity contribution in [2.75, 3.05) is 13.2 Å². The van der Waals surface area contributed by atoms with Gasteiger partial charge in [0.2, 0.25) is 0 Å². The first-order valence-electron chi connectivity index (χ1n) is 6.27. The summed E-state index contributed by atoms with van der Waals surface area (Å²) in [4.78, 5) is 0. The van der Waals surface area contributed by atoms with Crippen molar-refractivity contribution in [1.82, 2.24) is 5.32 Å². The van der Waals surface area contributed by atoms with E-state index in [2.05, 4.69) is 5.32 Å². The average molecular weight is 229 g/mol. The van der Waals surface area contributed by atoms with Crippen LogP contribution in [0.25, 0.3) is 0 Å². The van der Waals surface area contributed by atoms with Crippen molar-refractivity contribution >= 4 is 0 Å². The Labute approximate surface area is 97.3 Å². The topological polar surface area (TPSA) is 50.7 Å². The summed E-state index contributed by atoms with van der Waals surface area (Å²) in [5, 5.41) is 13.0. The first kappa shape index (κ1) is 12.3. The molecule has 0 aromatic heterocycles. The van der Waals surface area contributed by atoms with E-state index < -0.39 is 5.79 Å². The van der Waals surface area contributed by atoms with Crippen molar-refractivity contribution in [3.05, 3.63) is 0 Å². The molecule has 1 aliphatic carbocycles. The lowest BCUT2D eigenvalue weighted by Crippen LogP contribution is -2.52. The monoisotopic (exact) mass is 229 g/mol. The molecule has 0 spiro atoms. The van der Waals surface area contributed by atoms with Crippen LogP contribution in [0.3, 0.4) is 0 Å². The Hall–Kier alpha value is -0.160. The Kier molecular flexibility index (Phi) is 3.85. The van der Waals surface area contributed by atoms with Gasteiger partial charge in [-0.1, -0.05) is 0 Å². The third kappa shape index (κ3) is 3.42. The number of aliphatic hydroxyl groups is 1. The smallest absolute Gasteiger partial charge is 0.162 e. The van der Waals surface area contributed by atoms with Crippen molar-refractivity contribution in [1.29, 1.82) is 0 Å². The largest absolute Gasteiger partial charge is 0.393 e. The van der Waals surface area contributed by atoms with Gasteiger partial charge in [-0.3, -0.25) is 0 Å². The van der Waals surface area contributed by atoms with Crippen molar-refractivity contribution in [3.63, 3.8) is 0 Å². The molecule has 94 valence electrons. The fraction of sp³-hybridized carbons (Fsp3) is 1.00. The fourth-order valence-corrected chi connectivity index (χ4v) is 2.36. The molecule has 2 aliphatic rings. The Morgan fingerprint density at radius 1 is 1.00 bits per heavy atom. The minimum absolute atomic E-state index is 0.0872. The molecule has 4 nitrogen and oxygen atoms in total. The fourth-order valence-electron chi connectivity index (χ4n) is 2.36. The van der Waals surface area contributed by atoms with Gasteiger partial charge in [-0.2, -0.15) is 0 Å². The zero-order valence-electron chi connectivity index (χ0n) is 10.2. The molecule has 1 saturated heterocycles. The summed E-state index contributed by atoms with van der Waals surface area (Å²) in [6, 6.07) is 0.815. The first-order chi connectivity index (χ1) is 7.55. The SMILES string of the molecule is CC1(C)OCC(NC2CCC(O)CC2)CO1. The predicted molar refractivity (Wildman–Crippen MR) is 61.2 cm³/mol. The lowest BCUT2D eigenvalue weighted by atomic mass is 9.92. The van der Waals surface area contributed by atoms with E-state index in [4.69, 9.17) is 9.47 Å². The zero-order valence-corrected chi connectivity index (χ0v) is 10.2. The highest BCUT2D eigenvalue weighted by Crippen LogP contribution is 2.21. The molecule has 1 aliphatic heterocycles. The normalized spacial score (nSPS) is 36.2. The molecule has 2 rings (SSSR count). The highest BCUT2D eigenvalue weighted by atomic mass is 16.7. The van der Waals surface area contributed by atoms with E-state index in [0.29, 0.717) is 25.3 Å². The van der Waals surface area contributed by atoms with E-state index in [1.165, 1.54) is 0 Å². The van der Waals surface area contributed by atoms with E-state index in [1.54, 1.807) is 0 Å². The summed E-state index contributed by atoms with van der Waals surface area (Å²) in [7, 11) is 0. The summed E-state index contributed by atoms with van der Waals surface area (Å²) < 4.78 is 11.2. The lowest BCUT2D eigenvalue weighted by Gasteiger charge is -2.38. The molecule has 2 N–H and O–H groups in total. The van der Waals surface area contributed by atoms with Gasteiger partial charge in [0.05, 0.1) is 25.4 Å². The van der Waals surface area contributed by atoms with Crippen LogP contribution in [0.4, 0.5) is 0 Å². The molecule has 0 aromatic rings. The van der Waals surface area contributed by atoms with Crippen molar-refractivity contribution in [2.24, 2.45) is 0 Å². The van der Waals surface area contributed by atoms with E-state index >= 15 is 0 Å². The first-order valence-corrected chi connectivity index (χ1v) is 6.27. The summed E-state index contributed by atoms with van der Waals surface area (Å²) in [5.74, 6) is -0.430. The van der Waals surface area contributed by atoms with Crippen molar-refractivity contribution < 1.29 is 14.6 Å². The van der Waals surface area contributed by atoms with Gasteiger partial charge in [-0.15, -0.1) is 0 Å².